The summed E-state index contributed by atoms with van der Waals surface area (Å²) in [6.45, 7) is 2.13. The molecular formula is C30H33FN6O4S. The maximum Gasteiger partial charge on any atom is 0.319 e. The molecule has 3 atom stereocenters. The number of phenols is 1. The van der Waals surface area contributed by atoms with Crippen LogP contribution >= 0.6 is 0 Å². The second-order valence-electron chi connectivity index (χ2n) is 11.6. The van der Waals surface area contributed by atoms with Crippen LogP contribution in [0, 0.1) is 5.82 Å². The number of aromatic nitrogens is 2. The van der Waals surface area contributed by atoms with Crippen LogP contribution in [-0.4, -0.2) is 84.1 Å². The SMILES string of the molecule is CN1CCC[C@H]1COc1nc(N2CC3CCC(C2)N3S(N)(=O)=O)c2ccc(-c3cc(O)cc4ccccc34)c(F)c2n1. The van der Waals surface area contributed by atoms with Crippen LogP contribution in [0.1, 0.15) is 25.7 Å². The zero-order chi connectivity index (χ0) is 29.2. The zero-order valence-corrected chi connectivity index (χ0v) is 24.1. The molecule has 0 amide bonds. The highest BCUT2D eigenvalue weighted by atomic mass is 32.2. The summed E-state index contributed by atoms with van der Waals surface area (Å²) in [6.07, 6.45) is 3.47. The quantitative estimate of drug-likeness (QED) is 0.348. The van der Waals surface area contributed by atoms with Gasteiger partial charge in [-0.2, -0.15) is 22.7 Å². The van der Waals surface area contributed by atoms with Crippen molar-refractivity contribution < 1.29 is 22.7 Å². The van der Waals surface area contributed by atoms with Gasteiger partial charge in [-0.05, 0) is 73.8 Å². The van der Waals surface area contributed by atoms with Gasteiger partial charge in [0.15, 0.2) is 5.82 Å². The van der Waals surface area contributed by atoms with Gasteiger partial charge in [-0.15, -0.1) is 0 Å². The monoisotopic (exact) mass is 592 g/mol. The average Bonchev–Trinajstić information content (AvgIpc) is 3.50. The van der Waals surface area contributed by atoms with Crippen LogP contribution in [0.4, 0.5) is 10.2 Å². The predicted molar refractivity (Wildman–Crippen MR) is 159 cm³/mol. The molecule has 0 spiro atoms. The first kappa shape index (κ1) is 27.3. The lowest BCUT2D eigenvalue weighted by Gasteiger charge is -2.40. The van der Waals surface area contributed by atoms with Gasteiger partial charge < -0.3 is 19.6 Å². The molecule has 12 heteroatoms. The predicted octanol–water partition coefficient (Wildman–Crippen LogP) is 3.62. The first-order valence-corrected chi connectivity index (χ1v) is 15.8. The van der Waals surface area contributed by atoms with Crippen LogP contribution in [0.2, 0.25) is 0 Å². The lowest BCUT2D eigenvalue weighted by Crippen LogP contribution is -2.57. The largest absolute Gasteiger partial charge is 0.508 e. The van der Waals surface area contributed by atoms with E-state index in [9.17, 15) is 13.5 Å². The number of likely N-dealkylation sites (tertiary alicyclic amines) is 1. The molecule has 7 rings (SSSR count). The van der Waals surface area contributed by atoms with Gasteiger partial charge in [-0.1, -0.05) is 30.3 Å². The molecular weight excluding hydrogens is 559 g/mol. The number of likely N-dealkylation sites (N-methyl/N-ethyl adjacent to an activating group) is 1. The molecule has 0 aliphatic carbocycles. The maximum atomic E-state index is 16.6. The zero-order valence-electron chi connectivity index (χ0n) is 23.3. The number of nitrogens with zero attached hydrogens (tertiary/aromatic N) is 5. The van der Waals surface area contributed by atoms with Gasteiger partial charge in [-0.3, -0.25) is 0 Å². The van der Waals surface area contributed by atoms with Gasteiger partial charge in [0, 0.05) is 42.2 Å². The van der Waals surface area contributed by atoms with Crippen molar-refractivity contribution in [2.45, 2.75) is 43.8 Å². The van der Waals surface area contributed by atoms with Gasteiger partial charge in [0.1, 0.15) is 23.7 Å². The summed E-state index contributed by atoms with van der Waals surface area (Å²) < 4.78 is 48.7. The first-order chi connectivity index (χ1) is 20.2. The van der Waals surface area contributed by atoms with Crippen molar-refractivity contribution in [3.63, 3.8) is 0 Å². The van der Waals surface area contributed by atoms with Crippen LogP contribution in [0.15, 0.2) is 48.5 Å². The maximum absolute atomic E-state index is 16.6. The molecule has 3 fully saturated rings. The molecule has 2 bridgehead atoms. The fourth-order valence-corrected chi connectivity index (χ4v) is 8.15. The van der Waals surface area contributed by atoms with E-state index in [1.807, 2.05) is 29.2 Å². The number of hydrogen-bond donors (Lipinski definition) is 2. The fourth-order valence-electron chi connectivity index (χ4n) is 6.97. The van der Waals surface area contributed by atoms with Crippen molar-refractivity contribution in [2.24, 2.45) is 5.14 Å². The summed E-state index contributed by atoms with van der Waals surface area (Å²) in [6, 6.07) is 13.9. The van der Waals surface area contributed by atoms with E-state index in [4.69, 9.17) is 14.9 Å². The summed E-state index contributed by atoms with van der Waals surface area (Å²) in [4.78, 5) is 13.6. The van der Waals surface area contributed by atoms with Crippen molar-refractivity contribution in [3.8, 4) is 22.9 Å². The van der Waals surface area contributed by atoms with E-state index in [-0.39, 0.29) is 35.4 Å². The molecule has 4 aromatic rings. The number of hydrogen-bond acceptors (Lipinski definition) is 8. The number of halogens is 1. The third-order valence-electron chi connectivity index (χ3n) is 8.99. The normalized spacial score (nSPS) is 23.3. The smallest absolute Gasteiger partial charge is 0.319 e. The number of benzene rings is 3. The van der Waals surface area contributed by atoms with Crippen LogP contribution < -0.4 is 14.8 Å². The summed E-state index contributed by atoms with van der Waals surface area (Å²) in [5, 5.41) is 18.1. The second-order valence-corrected chi connectivity index (χ2v) is 13.1. The molecule has 1 aromatic heterocycles. The molecule has 3 aliphatic heterocycles. The van der Waals surface area contributed by atoms with E-state index in [2.05, 4.69) is 16.9 Å². The minimum Gasteiger partial charge on any atom is -0.508 e. The molecule has 0 radical (unpaired) electrons. The van der Waals surface area contributed by atoms with Crippen LogP contribution in [0.5, 0.6) is 11.8 Å². The topological polar surface area (TPSA) is 125 Å². The molecule has 3 aliphatic rings. The van der Waals surface area contributed by atoms with Crippen molar-refractivity contribution >= 4 is 37.7 Å². The molecule has 3 N–H and O–H groups in total. The number of fused-ring (bicyclic) bond motifs is 4. The highest BCUT2D eigenvalue weighted by Crippen LogP contribution is 2.40. The Morgan fingerprint density at radius 3 is 2.50 bits per heavy atom. The number of nitrogens with two attached hydrogens (primary N) is 1. The Labute approximate surface area is 243 Å². The number of ether oxygens (including phenoxy) is 1. The Kier molecular flexibility index (Phi) is 6.69. The van der Waals surface area contributed by atoms with Crippen LogP contribution in [-0.2, 0) is 10.2 Å². The molecule has 3 aromatic carbocycles. The molecule has 2 unspecified atom stereocenters. The highest BCUT2D eigenvalue weighted by Gasteiger charge is 2.46. The first-order valence-electron chi connectivity index (χ1n) is 14.3. The molecule has 0 saturated carbocycles. The number of rotatable bonds is 6. The molecule has 3 saturated heterocycles. The van der Waals surface area contributed by atoms with Crippen LogP contribution in [0.25, 0.3) is 32.8 Å². The van der Waals surface area contributed by atoms with Gasteiger partial charge in [0.25, 0.3) is 10.2 Å². The van der Waals surface area contributed by atoms with Gasteiger partial charge in [0.05, 0.1) is 0 Å². The number of aromatic hydroxyl groups is 1. The van der Waals surface area contributed by atoms with E-state index < -0.39 is 16.0 Å². The lowest BCUT2D eigenvalue weighted by molar-refractivity contribution is 0.188. The van der Waals surface area contributed by atoms with E-state index in [0.717, 1.165) is 30.2 Å². The lowest BCUT2D eigenvalue weighted by atomic mass is 9.96. The number of piperazine rings is 1. The Hall–Kier alpha value is -3.58. The van der Waals surface area contributed by atoms with Crippen molar-refractivity contribution in [2.75, 3.05) is 38.2 Å². The minimum atomic E-state index is -3.84. The number of phenolic OH excluding ortho intramolecular Hbond substituents is 1. The van der Waals surface area contributed by atoms with Gasteiger partial charge in [-0.25, -0.2) is 9.53 Å². The molecule has 10 nitrogen and oxygen atoms in total. The summed E-state index contributed by atoms with van der Waals surface area (Å²) >= 11 is 0. The summed E-state index contributed by atoms with van der Waals surface area (Å²) in [7, 11) is -1.79. The average molecular weight is 593 g/mol. The van der Waals surface area contributed by atoms with Crippen molar-refractivity contribution in [1.29, 1.82) is 0 Å². The van der Waals surface area contributed by atoms with E-state index in [1.165, 1.54) is 4.31 Å². The summed E-state index contributed by atoms with van der Waals surface area (Å²) in [5.74, 6) is 0.00678. The Morgan fingerprint density at radius 1 is 1.02 bits per heavy atom. The Bertz CT molecular complexity index is 1790. The molecule has 42 heavy (non-hydrogen) atoms. The molecule has 220 valence electrons. The highest BCUT2D eigenvalue weighted by molar-refractivity contribution is 7.86. The minimum absolute atomic E-state index is 0.0412. The van der Waals surface area contributed by atoms with Gasteiger partial charge >= 0.3 is 6.01 Å². The fraction of sp³-hybridized carbons (Fsp3) is 0.400. The second kappa shape index (κ2) is 10.3. The summed E-state index contributed by atoms with van der Waals surface area (Å²) in [5.41, 5.74) is 0.973. The standard InChI is InChI=1S/C30H33FN6O4S/c1-35-12-4-6-21(35)17-41-30-33-28-25(29(34-30)36-15-19-8-9-20(16-36)37(19)42(32,39)40)11-10-24(27(28)31)26-14-22(38)13-18-5-2-3-7-23(18)26/h2-3,5,7,10-11,13-14,19-21,38H,4,6,8-9,12,15-17H2,1H3,(H2,32,39,40)/t19?,20?,21-/m0/s1. The van der Waals surface area contributed by atoms with E-state index in [1.54, 1.807) is 24.3 Å². The number of anilines is 1. The molecule has 4 heterocycles. The van der Waals surface area contributed by atoms with Crippen LogP contribution in [0.3, 0.4) is 0 Å². The Balaban J connectivity index is 1.34. The van der Waals surface area contributed by atoms with Crippen molar-refractivity contribution in [1.82, 2.24) is 19.2 Å². The third-order valence-corrected chi connectivity index (χ3v) is 10.2. The van der Waals surface area contributed by atoms with E-state index in [0.29, 0.717) is 54.9 Å². The third kappa shape index (κ3) is 4.72. The Morgan fingerprint density at radius 2 is 1.79 bits per heavy atom. The van der Waals surface area contributed by atoms with Crippen molar-refractivity contribution in [3.05, 3.63) is 54.3 Å². The van der Waals surface area contributed by atoms with E-state index >= 15 is 4.39 Å². The van der Waals surface area contributed by atoms with Gasteiger partial charge in [0.2, 0.25) is 0 Å².